The Bertz CT molecular complexity index is 2080. The minimum Gasteiger partial charge on any atom is -0.453 e. The Morgan fingerprint density at radius 2 is 1.49 bits per heavy atom. The van der Waals surface area contributed by atoms with Gasteiger partial charge < -0.3 is 30.4 Å². The number of rotatable bonds is 14. The van der Waals surface area contributed by atoms with Gasteiger partial charge in [-0.25, -0.2) is 22.0 Å². The van der Waals surface area contributed by atoms with E-state index in [0.29, 0.717) is 31.4 Å². The minimum absolute atomic E-state index is 0.178. The highest BCUT2D eigenvalue weighted by molar-refractivity contribution is 7.91. The van der Waals surface area contributed by atoms with Crippen LogP contribution in [0.4, 0.5) is 13.6 Å². The zero-order valence-electron chi connectivity index (χ0n) is 33.1. The van der Waals surface area contributed by atoms with Crippen LogP contribution in [-0.2, 0) is 38.8 Å². The number of likely N-dealkylation sites (tertiary alicyclic amines) is 1. The minimum atomic E-state index is -4.15. The molecule has 3 saturated carbocycles. The molecule has 0 spiro atoms. The van der Waals surface area contributed by atoms with Gasteiger partial charge in [0.25, 0.3) is 5.91 Å². The molecule has 1 saturated heterocycles. The van der Waals surface area contributed by atoms with E-state index < -0.39 is 99.4 Å². The molecule has 4 N–H and O–H groups in total. The van der Waals surface area contributed by atoms with Crippen molar-refractivity contribution in [3.8, 4) is 11.1 Å². The molecule has 5 amide bonds. The molecule has 7 rings (SSSR count). The Balaban J connectivity index is 1.17. The first-order valence-corrected chi connectivity index (χ1v) is 21.7. The van der Waals surface area contributed by atoms with E-state index in [9.17, 15) is 41.2 Å². The van der Waals surface area contributed by atoms with Gasteiger partial charge in [0, 0.05) is 17.5 Å². The lowest BCUT2D eigenvalue weighted by atomic mass is 9.83. The summed E-state index contributed by atoms with van der Waals surface area (Å²) in [5.41, 5.74) is 1.80. The highest BCUT2D eigenvalue weighted by Gasteiger charge is 2.67. The number of nitrogens with one attached hydrogen (secondary N) is 4. The maximum absolute atomic E-state index is 14.7. The maximum atomic E-state index is 14.7. The first-order chi connectivity index (χ1) is 28.1. The van der Waals surface area contributed by atoms with E-state index in [1.807, 2.05) is 53.3 Å². The average molecular weight is 841 g/mol. The number of alkyl carbamates (subject to hydrolysis) is 1. The predicted octanol–water partition coefficient (Wildman–Crippen LogP) is 3.60. The summed E-state index contributed by atoms with van der Waals surface area (Å²) in [5.74, 6) is -5.98. The molecule has 4 aliphatic carbocycles. The van der Waals surface area contributed by atoms with Crippen LogP contribution >= 0.6 is 0 Å². The lowest BCUT2D eigenvalue weighted by Gasteiger charge is -2.34. The summed E-state index contributed by atoms with van der Waals surface area (Å²) in [7, 11) is -2.97. The maximum Gasteiger partial charge on any atom is 0.407 e. The summed E-state index contributed by atoms with van der Waals surface area (Å²) in [6, 6.07) is 11.6. The molecule has 318 valence electrons. The summed E-state index contributed by atoms with van der Waals surface area (Å²) in [5, 5.41) is 11.5. The number of ether oxygens (including phenoxy) is 1. The molecule has 1 aliphatic heterocycles. The van der Waals surface area contributed by atoms with Gasteiger partial charge >= 0.3 is 6.09 Å². The van der Waals surface area contributed by atoms with E-state index in [4.69, 9.17) is 9.57 Å². The molecule has 59 heavy (non-hydrogen) atoms. The Hall–Kier alpha value is -5.13. The molecule has 5 aliphatic rings. The fourth-order valence-corrected chi connectivity index (χ4v) is 9.97. The third-order valence-corrected chi connectivity index (χ3v) is 14.0. The molecule has 18 heteroatoms. The summed E-state index contributed by atoms with van der Waals surface area (Å²) in [6.07, 6.45) is -0.805. The Morgan fingerprint density at radius 1 is 0.881 bits per heavy atom. The number of carbonyl (C=O) groups is 5. The Kier molecular flexibility index (Phi) is 12.0. The van der Waals surface area contributed by atoms with E-state index in [-0.39, 0.29) is 18.9 Å². The second-order valence-electron chi connectivity index (χ2n) is 16.5. The van der Waals surface area contributed by atoms with Crippen LogP contribution in [0.25, 0.3) is 11.1 Å². The predicted molar refractivity (Wildman–Crippen MR) is 210 cm³/mol. The van der Waals surface area contributed by atoms with Gasteiger partial charge in [0.15, 0.2) is 0 Å². The highest BCUT2D eigenvalue weighted by Crippen LogP contribution is 2.48. The van der Waals surface area contributed by atoms with Gasteiger partial charge in [0.05, 0.1) is 24.8 Å². The molecule has 0 unspecified atom stereocenters. The van der Waals surface area contributed by atoms with Crippen LogP contribution in [0.2, 0.25) is 0 Å². The molecule has 4 fully saturated rings. The van der Waals surface area contributed by atoms with Crippen molar-refractivity contribution in [3.05, 3.63) is 59.7 Å². The number of alkyl halides is 2. The van der Waals surface area contributed by atoms with Gasteiger partial charge in [-0.2, -0.15) is 0 Å². The number of carbonyl (C=O) groups excluding carboxylic acids is 5. The number of hydrogen-bond acceptors (Lipinski definition) is 10. The second-order valence-corrected chi connectivity index (χ2v) is 18.5. The van der Waals surface area contributed by atoms with Crippen LogP contribution < -0.4 is 20.7 Å². The fourth-order valence-electron chi connectivity index (χ4n) is 8.61. The monoisotopic (exact) mass is 840 g/mol. The van der Waals surface area contributed by atoms with Crippen molar-refractivity contribution in [1.82, 2.24) is 25.6 Å². The Labute approximate surface area is 341 Å². The second kappa shape index (κ2) is 16.9. The fraction of sp³-hybridized carbons (Fsp3) is 0.561. The van der Waals surface area contributed by atoms with Gasteiger partial charge in [-0.1, -0.05) is 86.8 Å². The third kappa shape index (κ3) is 8.64. The molecule has 0 aromatic heterocycles. The lowest BCUT2D eigenvalue weighted by Crippen LogP contribution is -2.61. The van der Waals surface area contributed by atoms with Crippen molar-refractivity contribution in [1.29, 1.82) is 0 Å². The molecular weight excluding hydrogens is 791 g/mol. The normalized spacial score (nSPS) is 24.7. The van der Waals surface area contributed by atoms with E-state index >= 15 is 0 Å². The standard InChI is InChI=1S/C41H50F2N6O9S/c1-22(2)32(44-37(51)33(45-40(54)57-3)23-11-5-4-6-12-23)38(52)49-21-24(58-47-34-28-15-9-7-13-26(28)27-14-8-10-16-29(27)34)19-31(49)36(50)46-41(20-30(41)35(42)43)39(53)48-59(55,56)25-17-18-25/h7-10,13-16,22-25,30-33,35H,4-6,11-12,17-21H2,1-3H3,(H,44,51)(H,45,54)(H,46,50)(H,48,53)/t24-,30+,31+,32+,33+,41+/m1/s1. The molecule has 6 atom stereocenters. The van der Waals surface area contributed by atoms with Crippen LogP contribution in [0, 0.1) is 17.8 Å². The van der Waals surface area contributed by atoms with E-state index in [1.54, 1.807) is 13.8 Å². The zero-order valence-corrected chi connectivity index (χ0v) is 33.9. The number of methoxy groups -OCH3 is 1. The summed E-state index contributed by atoms with van der Waals surface area (Å²) >= 11 is 0. The van der Waals surface area contributed by atoms with Gasteiger partial charge in [-0.3, -0.25) is 23.9 Å². The Morgan fingerprint density at radius 3 is 2.03 bits per heavy atom. The van der Waals surface area contributed by atoms with E-state index in [2.05, 4.69) is 21.1 Å². The molecular formula is C41H50F2N6O9S. The highest BCUT2D eigenvalue weighted by atomic mass is 32.2. The molecule has 1 heterocycles. The average Bonchev–Trinajstić information content (AvgIpc) is 4.14. The number of hydrogen-bond donors (Lipinski definition) is 4. The summed E-state index contributed by atoms with van der Waals surface area (Å²) in [4.78, 5) is 76.0. The smallest absolute Gasteiger partial charge is 0.407 e. The summed E-state index contributed by atoms with van der Waals surface area (Å²) < 4.78 is 60.5. The van der Waals surface area contributed by atoms with Gasteiger partial charge in [-0.05, 0) is 55.1 Å². The van der Waals surface area contributed by atoms with Crippen LogP contribution in [-0.4, -0.2) is 104 Å². The zero-order chi connectivity index (χ0) is 42.2. The number of benzene rings is 2. The number of sulfonamides is 1. The summed E-state index contributed by atoms with van der Waals surface area (Å²) in [6.45, 7) is 3.18. The number of halogens is 2. The molecule has 2 aromatic carbocycles. The largest absolute Gasteiger partial charge is 0.453 e. The van der Waals surface area contributed by atoms with E-state index in [0.717, 1.165) is 41.5 Å². The molecule has 2 aromatic rings. The lowest BCUT2D eigenvalue weighted by molar-refractivity contribution is -0.143. The quantitative estimate of drug-likeness (QED) is 0.175. The third-order valence-electron chi connectivity index (χ3n) is 12.2. The number of oxime groups is 1. The van der Waals surface area contributed by atoms with Crippen molar-refractivity contribution >= 4 is 45.5 Å². The first-order valence-electron chi connectivity index (χ1n) is 20.2. The number of fused-ring (bicyclic) bond motifs is 3. The van der Waals surface area contributed by atoms with E-state index in [1.165, 1.54) is 12.0 Å². The van der Waals surface area contributed by atoms with Crippen molar-refractivity contribution in [3.63, 3.8) is 0 Å². The van der Waals surface area contributed by atoms with Crippen LogP contribution in [0.5, 0.6) is 0 Å². The molecule has 0 bridgehead atoms. The van der Waals surface area contributed by atoms with Gasteiger partial charge in [0.1, 0.15) is 35.5 Å². The SMILES string of the molecule is COC(=O)N[C@H](C(=O)N[C@H](C(=O)N1C[C@H](ON=C2c3ccccc3-c3ccccc32)C[C@H]1C(=O)N[C@@]1(C(=O)NS(=O)(=O)C2CC2)C[C@H]1C(F)F)C(C)C)C1CCCCC1. The first kappa shape index (κ1) is 42.0. The van der Waals surface area contributed by atoms with Crippen LogP contribution in [0.1, 0.15) is 82.8 Å². The van der Waals surface area contributed by atoms with Crippen molar-refractivity contribution in [2.24, 2.45) is 22.9 Å². The van der Waals surface area contributed by atoms with Gasteiger partial charge in [-0.15, -0.1) is 0 Å². The number of nitrogens with zero attached hydrogens (tertiary/aromatic N) is 2. The molecule has 0 radical (unpaired) electrons. The van der Waals surface area contributed by atoms with Crippen LogP contribution in [0.3, 0.4) is 0 Å². The molecule has 15 nitrogen and oxygen atoms in total. The van der Waals surface area contributed by atoms with Crippen molar-refractivity contribution < 1.29 is 50.7 Å². The van der Waals surface area contributed by atoms with Crippen molar-refractivity contribution in [2.45, 2.75) is 113 Å². The number of amides is 5. The van der Waals surface area contributed by atoms with Gasteiger partial charge in [0.2, 0.25) is 34.2 Å². The van der Waals surface area contributed by atoms with Crippen LogP contribution in [0.15, 0.2) is 53.7 Å². The van der Waals surface area contributed by atoms with Crippen molar-refractivity contribution in [2.75, 3.05) is 13.7 Å². The topological polar surface area (TPSA) is 202 Å².